The number of anilines is 3. The summed E-state index contributed by atoms with van der Waals surface area (Å²) in [7, 11) is 0. The topological polar surface area (TPSA) is 170 Å². The Morgan fingerprint density at radius 2 is 1.19 bits per heavy atom. The lowest BCUT2D eigenvalue weighted by atomic mass is 10.4. The van der Waals surface area contributed by atoms with Crippen molar-refractivity contribution in [3.63, 3.8) is 0 Å². The van der Waals surface area contributed by atoms with Gasteiger partial charge in [0.25, 0.3) is 11.8 Å². The van der Waals surface area contributed by atoms with E-state index in [0.29, 0.717) is 26.2 Å². The third-order valence-electron chi connectivity index (χ3n) is 3.80. The first kappa shape index (κ1) is 22.3. The molecule has 2 atom stereocenters. The van der Waals surface area contributed by atoms with E-state index in [4.69, 9.17) is 5.73 Å². The minimum atomic E-state index is -1.58. The van der Waals surface area contributed by atoms with Crippen LogP contribution in [0.2, 0.25) is 0 Å². The fraction of sp³-hybridized carbons (Fsp3) is 0.667. The van der Waals surface area contributed by atoms with Crippen molar-refractivity contribution in [1.29, 1.82) is 0 Å². The molecular formula is C15H28N8O4. The van der Waals surface area contributed by atoms with E-state index in [0.717, 1.165) is 0 Å². The zero-order valence-corrected chi connectivity index (χ0v) is 16.0. The van der Waals surface area contributed by atoms with Gasteiger partial charge in [0.15, 0.2) is 0 Å². The SMILES string of the molecule is CCN(CC)C(=O)C(O)Nc1nc(N)nc(NC(O)C(=O)N(CC)CC)n1. The highest BCUT2D eigenvalue weighted by molar-refractivity contribution is 5.83. The lowest BCUT2D eigenvalue weighted by Crippen LogP contribution is -2.43. The minimum Gasteiger partial charge on any atom is -0.368 e. The van der Waals surface area contributed by atoms with Gasteiger partial charge < -0.3 is 36.4 Å². The Hall–Kier alpha value is -2.73. The second kappa shape index (κ2) is 10.4. The predicted octanol–water partition coefficient (Wildman–Crippen LogP) is -1.35. The van der Waals surface area contributed by atoms with Crippen molar-refractivity contribution in [2.24, 2.45) is 0 Å². The molecule has 1 aromatic rings. The van der Waals surface area contributed by atoms with Crippen LogP contribution in [0.4, 0.5) is 17.8 Å². The van der Waals surface area contributed by atoms with Crippen LogP contribution < -0.4 is 16.4 Å². The molecule has 0 radical (unpaired) electrons. The Kier molecular flexibility index (Phi) is 8.62. The van der Waals surface area contributed by atoms with E-state index in [1.165, 1.54) is 9.80 Å². The van der Waals surface area contributed by atoms with E-state index in [2.05, 4.69) is 25.6 Å². The average molecular weight is 384 g/mol. The largest absolute Gasteiger partial charge is 0.368 e. The van der Waals surface area contributed by atoms with Crippen molar-refractivity contribution in [3.05, 3.63) is 0 Å². The second-order valence-electron chi connectivity index (χ2n) is 5.46. The molecule has 6 N–H and O–H groups in total. The number of nitrogens with zero attached hydrogens (tertiary/aromatic N) is 5. The molecular weight excluding hydrogens is 356 g/mol. The molecule has 0 aliphatic heterocycles. The van der Waals surface area contributed by atoms with Gasteiger partial charge in [-0.25, -0.2) is 0 Å². The van der Waals surface area contributed by atoms with Gasteiger partial charge in [0.05, 0.1) is 0 Å². The van der Waals surface area contributed by atoms with Crippen LogP contribution >= 0.6 is 0 Å². The van der Waals surface area contributed by atoms with E-state index in [1.807, 2.05) is 0 Å². The number of likely N-dealkylation sites (N-methyl/N-ethyl adjacent to an activating group) is 2. The number of aliphatic hydroxyl groups is 2. The van der Waals surface area contributed by atoms with Crippen molar-refractivity contribution < 1.29 is 19.8 Å². The number of carbonyl (C=O) groups is 2. The van der Waals surface area contributed by atoms with Crippen molar-refractivity contribution in [2.75, 3.05) is 42.5 Å². The fourth-order valence-electron chi connectivity index (χ4n) is 2.31. The number of aromatic nitrogens is 3. The van der Waals surface area contributed by atoms with Gasteiger partial charge in [-0.05, 0) is 27.7 Å². The number of hydrogen-bond donors (Lipinski definition) is 5. The first-order valence-corrected chi connectivity index (χ1v) is 8.75. The van der Waals surface area contributed by atoms with E-state index in [9.17, 15) is 19.8 Å². The Balaban J connectivity index is 2.88. The molecule has 12 heteroatoms. The van der Waals surface area contributed by atoms with Crippen molar-refractivity contribution >= 4 is 29.7 Å². The zero-order chi connectivity index (χ0) is 20.6. The van der Waals surface area contributed by atoms with Gasteiger partial charge in [-0.15, -0.1) is 0 Å². The third kappa shape index (κ3) is 6.18. The molecule has 27 heavy (non-hydrogen) atoms. The molecule has 152 valence electrons. The van der Waals surface area contributed by atoms with Gasteiger partial charge >= 0.3 is 0 Å². The van der Waals surface area contributed by atoms with Crippen molar-refractivity contribution in [2.45, 2.75) is 40.2 Å². The number of rotatable bonds is 10. The zero-order valence-electron chi connectivity index (χ0n) is 16.0. The molecule has 0 aliphatic carbocycles. The van der Waals surface area contributed by atoms with Crippen LogP contribution in [0.25, 0.3) is 0 Å². The van der Waals surface area contributed by atoms with Gasteiger partial charge in [-0.2, -0.15) is 15.0 Å². The number of aliphatic hydroxyl groups excluding tert-OH is 2. The normalized spacial score (nSPS) is 12.8. The van der Waals surface area contributed by atoms with Gasteiger partial charge in [-0.1, -0.05) is 0 Å². The number of carbonyl (C=O) groups excluding carboxylic acids is 2. The van der Waals surface area contributed by atoms with Crippen LogP contribution in [-0.4, -0.2) is 85.4 Å². The Morgan fingerprint density at radius 1 is 0.852 bits per heavy atom. The third-order valence-corrected chi connectivity index (χ3v) is 3.80. The smallest absolute Gasteiger partial charge is 0.272 e. The summed E-state index contributed by atoms with van der Waals surface area (Å²) in [6, 6.07) is 0. The summed E-state index contributed by atoms with van der Waals surface area (Å²) in [5, 5.41) is 24.9. The minimum absolute atomic E-state index is 0.180. The first-order chi connectivity index (χ1) is 12.8. The maximum absolute atomic E-state index is 12.1. The molecule has 2 amide bonds. The molecule has 1 rings (SSSR count). The quantitative estimate of drug-likeness (QED) is 0.304. The van der Waals surface area contributed by atoms with E-state index in [1.54, 1.807) is 27.7 Å². The molecule has 0 spiro atoms. The number of nitrogens with one attached hydrogen (secondary N) is 2. The molecule has 0 saturated heterocycles. The van der Waals surface area contributed by atoms with Gasteiger partial charge in [-0.3, -0.25) is 9.59 Å². The summed E-state index contributed by atoms with van der Waals surface area (Å²) in [6.45, 7) is 8.85. The summed E-state index contributed by atoms with van der Waals surface area (Å²) in [5.74, 6) is -1.68. The van der Waals surface area contributed by atoms with E-state index < -0.39 is 24.3 Å². The molecule has 0 bridgehead atoms. The Labute approximate surface area is 157 Å². The number of hydrogen-bond acceptors (Lipinski definition) is 10. The average Bonchev–Trinajstić information content (AvgIpc) is 2.62. The summed E-state index contributed by atoms with van der Waals surface area (Å²) < 4.78 is 0. The monoisotopic (exact) mass is 384 g/mol. The van der Waals surface area contributed by atoms with Crippen LogP contribution in [0.5, 0.6) is 0 Å². The van der Waals surface area contributed by atoms with E-state index in [-0.39, 0.29) is 17.8 Å². The first-order valence-electron chi connectivity index (χ1n) is 8.75. The molecule has 1 aromatic heterocycles. The number of nitrogens with two attached hydrogens (primary N) is 1. The molecule has 0 aromatic carbocycles. The van der Waals surface area contributed by atoms with Crippen LogP contribution in [0, 0.1) is 0 Å². The molecule has 12 nitrogen and oxygen atoms in total. The van der Waals surface area contributed by atoms with E-state index >= 15 is 0 Å². The van der Waals surface area contributed by atoms with Crippen LogP contribution in [-0.2, 0) is 9.59 Å². The summed E-state index contributed by atoms with van der Waals surface area (Å²) in [5.41, 5.74) is 5.59. The summed E-state index contributed by atoms with van der Waals surface area (Å²) in [6.07, 6.45) is -3.16. The van der Waals surface area contributed by atoms with Crippen LogP contribution in [0.15, 0.2) is 0 Å². The van der Waals surface area contributed by atoms with Gasteiger partial charge in [0, 0.05) is 26.2 Å². The molecule has 0 saturated carbocycles. The lowest BCUT2D eigenvalue weighted by molar-refractivity contribution is -0.138. The summed E-state index contributed by atoms with van der Waals surface area (Å²) in [4.78, 5) is 38.5. The van der Waals surface area contributed by atoms with Gasteiger partial charge in [0.2, 0.25) is 30.3 Å². The number of amides is 2. The van der Waals surface area contributed by atoms with Crippen molar-refractivity contribution in [3.8, 4) is 0 Å². The molecule has 1 heterocycles. The highest BCUT2D eigenvalue weighted by Crippen LogP contribution is 2.10. The molecule has 2 unspecified atom stereocenters. The maximum Gasteiger partial charge on any atom is 0.272 e. The highest BCUT2D eigenvalue weighted by atomic mass is 16.3. The predicted molar refractivity (Wildman–Crippen MR) is 99.4 cm³/mol. The van der Waals surface area contributed by atoms with Gasteiger partial charge in [0.1, 0.15) is 0 Å². The lowest BCUT2D eigenvalue weighted by Gasteiger charge is -2.23. The standard InChI is InChI=1S/C15H28N8O4/c1-5-22(6-2)11(26)9(24)17-14-19-13(16)20-15(21-14)18-10(25)12(27)23(7-3)8-4/h9-10,24-25H,5-8H2,1-4H3,(H4,16,17,18,19,20,21). The van der Waals surface area contributed by atoms with Crippen LogP contribution in [0.1, 0.15) is 27.7 Å². The Bertz CT molecular complexity index is 586. The number of nitrogen functional groups attached to an aromatic ring is 1. The fourth-order valence-corrected chi connectivity index (χ4v) is 2.31. The van der Waals surface area contributed by atoms with Crippen molar-refractivity contribution in [1.82, 2.24) is 24.8 Å². The second-order valence-corrected chi connectivity index (χ2v) is 5.46. The van der Waals surface area contributed by atoms with Crippen LogP contribution in [0.3, 0.4) is 0 Å². The highest BCUT2D eigenvalue weighted by Gasteiger charge is 2.23. The molecule has 0 fully saturated rings. The Morgan fingerprint density at radius 3 is 1.48 bits per heavy atom. The maximum atomic E-state index is 12.1. The summed E-state index contributed by atoms with van der Waals surface area (Å²) >= 11 is 0. The molecule has 0 aliphatic rings.